The quantitative estimate of drug-likeness (QED) is 0.447. The molecule has 2 atom stereocenters. The number of unbranched alkanes of at least 4 members (excludes halogenated alkanes) is 7. The molecule has 134 valence electrons. The Morgan fingerprint density at radius 1 is 0.583 bits per heavy atom. The molecule has 2 aliphatic rings. The van der Waals surface area contributed by atoms with E-state index in [-0.39, 0.29) is 35.5 Å². The van der Waals surface area contributed by atoms with Crippen LogP contribution in [-0.4, -0.2) is 23.6 Å². The summed E-state index contributed by atoms with van der Waals surface area (Å²) in [4.78, 5) is 45.0. The molecule has 0 saturated carbocycles. The van der Waals surface area contributed by atoms with Gasteiger partial charge in [0.05, 0.1) is 0 Å². The summed E-state index contributed by atoms with van der Waals surface area (Å²) in [5, 5.41) is 4.70. The maximum atomic E-state index is 11.4. The van der Waals surface area contributed by atoms with E-state index in [1.54, 1.807) is 0 Å². The van der Waals surface area contributed by atoms with Crippen molar-refractivity contribution in [1.82, 2.24) is 10.6 Å². The van der Waals surface area contributed by atoms with Gasteiger partial charge in [0.15, 0.2) is 0 Å². The van der Waals surface area contributed by atoms with Gasteiger partial charge in [-0.05, 0) is 12.8 Å². The molecule has 2 aliphatic heterocycles. The van der Waals surface area contributed by atoms with E-state index in [0.717, 1.165) is 38.5 Å². The molecular formula is C18H28N2O4. The molecule has 2 heterocycles. The number of carbonyl (C=O) groups is 4. The average Bonchev–Trinajstić information content (AvgIpc) is 3.02. The first-order valence-corrected chi connectivity index (χ1v) is 9.23. The van der Waals surface area contributed by atoms with Crippen molar-refractivity contribution in [3.63, 3.8) is 0 Å². The zero-order valence-corrected chi connectivity index (χ0v) is 14.3. The normalized spacial score (nSPS) is 23.7. The highest BCUT2D eigenvalue weighted by Crippen LogP contribution is 2.21. The highest BCUT2D eigenvalue weighted by molar-refractivity contribution is 6.03. The van der Waals surface area contributed by atoms with Gasteiger partial charge in [-0.1, -0.05) is 51.4 Å². The molecule has 2 unspecified atom stereocenters. The molecule has 6 heteroatoms. The second-order valence-electron chi connectivity index (χ2n) is 7.03. The molecule has 0 aromatic rings. The molecule has 2 saturated heterocycles. The van der Waals surface area contributed by atoms with Gasteiger partial charge < -0.3 is 0 Å². The second kappa shape index (κ2) is 9.55. The van der Waals surface area contributed by atoms with Crippen LogP contribution in [0, 0.1) is 11.8 Å². The van der Waals surface area contributed by atoms with Crippen LogP contribution < -0.4 is 10.6 Å². The first kappa shape index (κ1) is 18.6. The van der Waals surface area contributed by atoms with Gasteiger partial charge in [0, 0.05) is 24.7 Å². The second-order valence-corrected chi connectivity index (χ2v) is 7.03. The van der Waals surface area contributed by atoms with Gasteiger partial charge in [-0.25, -0.2) is 0 Å². The highest BCUT2D eigenvalue weighted by atomic mass is 16.2. The van der Waals surface area contributed by atoms with Crippen molar-refractivity contribution >= 4 is 23.6 Å². The summed E-state index contributed by atoms with van der Waals surface area (Å²) in [7, 11) is 0. The number of amides is 4. The number of carbonyl (C=O) groups excluding carboxylic acids is 4. The monoisotopic (exact) mass is 336 g/mol. The van der Waals surface area contributed by atoms with Crippen LogP contribution in [0.2, 0.25) is 0 Å². The fraction of sp³-hybridized carbons (Fsp3) is 0.778. The number of nitrogens with one attached hydrogen (secondary N) is 2. The van der Waals surface area contributed by atoms with E-state index in [1.165, 1.54) is 25.7 Å². The summed E-state index contributed by atoms with van der Waals surface area (Å²) in [5.41, 5.74) is 0. The maximum absolute atomic E-state index is 11.4. The molecule has 0 aromatic heterocycles. The molecule has 2 N–H and O–H groups in total. The van der Waals surface area contributed by atoms with E-state index >= 15 is 0 Å². The SMILES string of the molecule is O=C1CC(CCCCCCCCCCC2CC(=O)NC2=O)C(=O)N1. The zero-order valence-electron chi connectivity index (χ0n) is 14.3. The van der Waals surface area contributed by atoms with E-state index in [2.05, 4.69) is 10.6 Å². The molecule has 0 spiro atoms. The van der Waals surface area contributed by atoms with Crippen LogP contribution in [0.15, 0.2) is 0 Å². The highest BCUT2D eigenvalue weighted by Gasteiger charge is 2.30. The van der Waals surface area contributed by atoms with E-state index < -0.39 is 0 Å². The summed E-state index contributed by atoms with van der Waals surface area (Å²) >= 11 is 0. The lowest BCUT2D eigenvalue weighted by atomic mass is 9.97. The largest absolute Gasteiger partial charge is 0.296 e. The number of hydrogen-bond acceptors (Lipinski definition) is 4. The van der Waals surface area contributed by atoms with Crippen molar-refractivity contribution in [3.8, 4) is 0 Å². The van der Waals surface area contributed by atoms with Crippen molar-refractivity contribution in [2.24, 2.45) is 11.8 Å². The van der Waals surface area contributed by atoms with Crippen molar-refractivity contribution < 1.29 is 19.2 Å². The standard InChI is InChI=1S/C18H28N2O4/c21-15-11-13(17(23)19-15)9-7-5-3-1-2-4-6-8-10-14-12-16(22)20-18(14)24/h13-14H,1-12H2,(H,19,21,23)(H,20,22,24). The molecule has 0 aromatic carbocycles. The van der Waals surface area contributed by atoms with Gasteiger partial charge in [0.25, 0.3) is 0 Å². The summed E-state index contributed by atoms with van der Waals surface area (Å²) in [6.45, 7) is 0. The topological polar surface area (TPSA) is 92.3 Å². The van der Waals surface area contributed by atoms with Crippen LogP contribution >= 0.6 is 0 Å². The Balaban J connectivity index is 1.37. The Hall–Kier alpha value is -1.72. The molecule has 0 aliphatic carbocycles. The minimum Gasteiger partial charge on any atom is -0.296 e. The summed E-state index contributed by atoms with van der Waals surface area (Å²) in [6.07, 6.45) is 11.3. The van der Waals surface area contributed by atoms with E-state index in [4.69, 9.17) is 0 Å². The number of rotatable bonds is 11. The first-order chi connectivity index (χ1) is 11.6. The summed E-state index contributed by atoms with van der Waals surface area (Å²) in [5.74, 6) is -0.668. The third kappa shape index (κ3) is 6.06. The van der Waals surface area contributed by atoms with Gasteiger partial charge >= 0.3 is 0 Å². The van der Waals surface area contributed by atoms with Crippen LogP contribution in [0.5, 0.6) is 0 Å². The van der Waals surface area contributed by atoms with Crippen molar-refractivity contribution in [3.05, 3.63) is 0 Å². The molecule has 6 nitrogen and oxygen atoms in total. The Labute approximate surface area is 143 Å². The van der Waals surface area contributed by atoms with E-state index in [1.807, 2.05) is 0 Å². The molecule has 24 heavy (non-hydrogen) atoms. The zero-order chi connectivity index (χ0) is 17.4. The van der Waals surface area contributed by atoms with Crippen molar-refractivity contribution in [2.45, 2.75) is 77.0 Å². The van der Waals surface area contributed by atoms with Crippen LogP contribution in [-0.2, 0) is 19.2 Å². The van der Waals surface area contributed by atoms with Gasteiger partial charge in [-0.15, -0.1) is 0 Å². The molecule has 2 fully saturated rings. The molecule has 0 bridgehead atoms. The predicted octanol–water partition coefficient (Wildman–Crippen LogP) is 2.21. The van der Waals surface area contributed by atoms with Crippen LogP contribution in [0.4, 0.5) is 0 Å². The third-order valence-electron chi connectivity index (χ3n) is 4.99. The minimum atomic E-state index is -0.135. The summed E-state index contributed by atoms with van der Waals surface area (Å²) < 4.78 is 0. The van der Waals surface area contributed by atoms with Gasteiger partial charge in [0.2, 0.25) is 23.6 Å². The molecule has 2 rings (SSSR count). The lowest BCUT2D eigenvalue weighted by Gasteiger charge is -2.06. The Bertz CT molecular complexity index is 445. The van der Waals surface area contributed by atoms with E-state index in [0.29, 0.717) is 12.8 Å². The Morgan fingerprint density at radius 3 is 1.21 bits per heavy atom. The maximum Gasteiger partial charge on any atom is 0.230 e. The lowest BCUT2D eigenvalue weighted by molar-refractivity contribution is -0.127. The van der Waals surface area contributed by atoms with Crippen molar-refractivity contribution in [2.75, 3.05) is 0 Å². The van der Waals surface area contributed by atoms with Crippen LogP contribution in [0.3, 0.4) is 0 Å². The predicted molar refractivity (Wildman–Crippen MR) is 88.7 cm³/mol. The van der Waals surface area contributed by atoms with Crippen LogP contribution in [0.25, 0.3) is 0 Å². The fourth-order valence-electron chi connectivity index (χ4n) is 3.52. The molecule has 4 amide bonds. The Kier molecular flexibility index (Phi) is 7.40. The van der Waals surface area contributed by atoms with E-state index in [9.17, 15) is 19.2 Å². The average molecular weight is 336 g/mol. The van der Waals surface area contributed by atoms with Gasteiger partial charge in [-0.3, -0.25) is 29.8 Å². The molecular weight excluding hydrogens is 308 g/mol. The summed E-state index contributed by atoms with van der Waals surface area (Å²) in [6, 6.07) is 0. The first-order valence-electron chi connectivity index (χ1n) is 9.23. The number of hydrogen-bond donors (Lipinski definition) is 2. The third-order valence-corrected chi connectivity index (χ3v) is 4.99. The lowest BCUT2D eigenvalue weighted by Crippen LogP contribution is -2.22. The van der Waals surface area contributed by atoms with Crippen LogP contribution in [0.1, 0.15) is 77.0 Å². The smallest absolute Gasteiger partial charge is 0.230 e. The van der Waals surface area contributed by atoms with Gasteiger partial charge in [-0.2, -0.15) is 0 Å². The van der Waals surface area contributed by atoms with Gasteiger partial charge in [0.1, 0.15) is 0 Å². The Morgan fingerprint density at radius 2 is 0.917 bits per heavy atom. The number of imide groups is 2. The minimum absolute atomic E-state index is 0.0994. The fourth-order valence-corrected chi connectivity index (χ4v) is 3.52. The molecule has 0 radical (unpaired) electrons. The van der Waals surface area contributed by atoms with Crippen molar-refractivity contribution in [1.29, 1.82) is 0 Å².